The number of aliphatic imine (C=N–C) groups is 2. The van der Waals surface area contributed by atoms with Crippen molar-refractivity contribution in [3.8, 4) is 5.75 Å². The molecule has 1 atom stereocenters. The van der Waals surface area contributed by atoms with Crippen molar-refractivity contribution in [2.24, 2.45) is 15.9 Å². The Morgan fingerprint density at radius 2 is 1.92 bits per heavy atom. The summed E-state index contributed by atoms with van der Waals surface area (Å²) >= 11 is 0. The van der Waals surface area contributed by atoms with Crippen LogP contribution in [0.3, 0.4) is 0 Å². The molecule has 3 aliphatic heterocycles. The lowest BCUT2D eigenvalue weighted by atomic mass is 9.82. The number of carbonyl (C=O) groups is 2. The van der Waals surface area contributed by atoms with Crippen molar-refractivity contribution in [3.63, 3.8) is 0 Å². The van der Waals surface area contributed by atoms with E-state index in [-0.39, 0.29) is 24.1 Å². The summed E-state index contributed by atoms with van der Waals surface area (Å²) in [5, 5.41) is 3.00. The van der Waals surface area contributed by atoms with Crippen molar-refractivity contribution >= 4 is 29.7 Å². The number of fused-ring (bicyclic) bond motifs is 1. The molecule has 9 heteroatoms. The van der Waals surface area contributed by atoms with Crippen LogP contribution in [0.2, 0.25) is 0 Å². The number of hydrogen-bond acceptors (Lipinski definition) is 6. The van der Waals surface area contributed by atoms with E-state index in [0.29, 0.717) is 32.0 Å². The molecule has 0 bridgehead atoms. The van der Waals surface area contributed by atoms with E-state index in [9.17, 15) is 9.59 Å². The number of ether oxygens (including phenoxy) is 2. The van der Waals surface area contributed by atoms with Crippen LogP contribution in [-0.2, 0) is 9.53 Å². The minimum atomic E-state index is -0.0771. The third kappa shape index (κ3) is 6.88. The second kappa shape index (κ2) is 12.5. The van der Waals surface area contributed by atoms with E-state index in [2.05, 4.69) is 21.4 Å². The topological polar surface area (TPSA) is 95.8 Å². The molecular weight excluding hydrogens is 494 g/mol. The van der Waals surface area contributed by atoms with Crippen LogP contribution in [0, 0.1) is 5.92 Å². The number of piperidine rings is 1. The first-order chi connectivity index (χ1) is 19.0. The van der Waals surface area contributed by atoms with Crippen molar-refractivity contribution in [2.75, 3.05) is 38.1 Å². The molecule has 3 heterocycles. The molecule has 0 spiro atoms. The number of rotatable bonds is 9. The molecular formula is C30H39N5O4. The minimum absolute atomic E-state index is 0.0293. The molecule has 39 heavy (non-hydrogen) atoms. The van der Waals surface area contributed by atoms with Gasteiger partial charge in [0.2, 0.25) is 5.91 Å². The van der Waals surface area contributed by atoms with Gasteiger partial charge < -0.3 is 24.6 Å². The molecule has 3 amide bonds. The first-order valence-electron chi connectivity index (χ1n) is 14.2. The van der Waals surface area contributed by atoms with Gasteiger partial charge in [0.05, 0.1) is 30.2 Å². The molecule has 1 aromatic carbocycles. The Bertz CT molecular complexity index is 1160. The molecule has 2 saturated heterocycles. The highest BCUT2D eigenvalue weighted by Crippen LogP contribution is 2.32. The van der Waals surface area contributed by atoms with E-state index in [0.717, 1.165) is 68.1 Å². The van der Waals surface area contributed by atoms with Crippen LogP contribution in [0.25, 0.3) is 0 Å². The van der Waals surface area contributed by atoms with Gasteiger partial charge in [-0.15, -0.1) is 0 Å². The summed E-state index contributed by atoms with van der Waals surface area (Å²) in [6.45, 7) is 7.59. The molecule has 4 aliphatic rings. The third-order valence-corrected chi connectivity index (χ3v) is 7.62. The van der Waals surface area contributed by atoms with Gasteiger partial charge >= 0.3 is 6.03 Å². The van der Waals surface area contributed by atoms with E-state index in [1.807, 2.05) is 54.0 Å². The van der Waals surface area contributed by atoms with Gasteiger partial charge in [-0.3, -0.25) is 9.79 Å². The molecule has 1 unspecified atom stereocenters. The van der Waals surface area contributed by atoms with E-state index in [1.165, 1.54) is 5.57 Å². The van der Waals surface area contributed by atoms with Crippen LogP contribution < -0.4 is 10.1 Å². The van der Waals surface area contributed by atoms with Gasteiger partial charge in [-0.1, -0.05) is 6.08 Å². The largest absolute Gasteiger partial charge is 0.498 e. The Hall–Kier alpha value is -3.62. The number of likely N-dealkylation sites (tertiary alicyclic amines) is 2. The third-order valence-electron chi connectivity index (χ3n) is 7.62. The van der Waals surface area contributed by atoms with Gasteiger partial charge in [-0.05, 0) is 75.4 Å². The predicted octanol–water partition coefficient (Wildman–Crippen LogP) is 4.81. The quantitative estimate of drug-likeness (QED) is 0.461. The lowest BCUT2D eigenvalue weighted by Gasteiger charge is -2.35. The van der Waals surface area contributed by atoms with Crippen molar-refractivity contribution in [2.45, 2.75) is 64.5 Å². The average molecular weight is 534 g/mol. The Morgan fingerprint density at radius 1 is 1.13 bits per heavy atom. The minimum Gasteiger partial charge on any atom is -0.498 e. The smallest absolute Gasteiger partial charge is 0.321 e. The molecule has 9 nitrogen and oxygen atoms in total. The first-order valence-corrected chi connectivity index (χ1v) is 14.2. The Morgan fingerprint density at radius 3 is 2.64 bits per heavy atom. The van der Waals surface area contributed by atoms with Gasteiger partial charge in [0.1, 0.15) is 12.1 Å². The van der Waals surface area contributed by atoms with Crippen LogP contribution in [0.1, 0.15) is 52.4 Å². The molecule has 2 fully saturated rings. The predicted molar refractivity (Wildman–Crippen MR) is 152 cm³/mol. The SMILES string of the molecule is CC(C)Oc1ccc(NC(=O)N2CCC(C3=NC=NC4CC(OCCCN5CCCC5=O)=CC=C34)CC2)cc1. The molecule has 0 radical (unpaired) electrons. The maximum atomic E-state index is 12.9. The lowest BCUT2D eigenvalue weighted by molar-refractivity contribution is -0.127. The van der Waals surface area contributed by atoms with Crippen molar-refractivity contribution in [1.29, 1.82) is 0 Å². The number of carbonyl (C=O) groups excluding carboxylic acids is 2. The molecule has 0 saturated carbocycles. The Labute approximate surface area is 230 Å². The number of nitrogens with one attached hydrogen (secondary N) is 1. The fourth-order valence-corrected chi connectivity index (χ4v) is 5.60. The fourth-order valence-electron chi connectivity index (χ4n) is 5.60. The van der Waals surface area contributed by atoms with E-state index in [1.54, 1.807) is 6.34 Å². The fraction of sp³-hybridized carbons (Fsp3) is 0.533. The Kier molecular flexibility index (Phi) is 8.64. The van der Waals surface area contributed by atoms with E-state index < -0.39 is 0 Å². The second-order valence-electron chi connectivity index (χ2n) is 10.8. The highest BCUT2D eigenvalue weighted by atomic mass is 16.5. The summed E-state index contributed by atoms with van der Waals surface area (Å²) in [6, 6.07) is 7.44. The van der Waals surface area contributed by atoms with Crippen LogP contribution >= 0.6 is 0 Å². The van der Waals surface area contributed by atoms with Crippen LogP contribution in [0.15, 0.2) is 57.7 Å². The number of anilines is 1. The summed E-state index contributed by atoms with van der Waals surface area (Å²) in [5.41, 5.74) is 3.02. The molecule has 1 aliphatic carbocycles. The van der Waals surface area contributed by atoms with Gasteiger partial charge in [-0.25, -0.2) is 9.79 Å². The molecule has 1 aromatic rings. The average Bonchev–Trinajstić information content (AvgIpc) is 3.36. The number of hydrogen-bond donors (Lipinski definition) is 1. The van der Waals surface area contributed by atoms with Crippen LogP contribution in [0.4, 0.5) is 10.5 Å². The summed E-state index contributed by atoms with van der Waals surface area (Å²) in [5.74, 6) is 2.29. The van der Waals surface area contributed by atoms with E-state index in [4.69, 9.17) is 9.47 Å². The van der Waals surface area contributed by atoms with Crippen LogP contribution in [-0.4, -0.2) is 78.7 Å². The van der Waals surface area contributed by atoms with E-state index >= 15 is 0 Å². The van der Waals surface area contributed by atoms with Crippen LogP contribution in [0.5, 0.6) is 5.75 Å². The summed E-state index contributed by atoms with van der Waals surface area (Å²) in [7, 11) is 0. The first kappa shape index (κ1) is 27.0. The van der Waals surface area contributed by atoms with Gasteiger partial charge in [-0.2, -0.15) is 0 Å². The highest BCUT2D eigenvalue weighted by Gasteiger charge is 2.33. The Balaban J connectivity index is 1.09. The number of urea groups is 1. The zero-order valence-electron chi connectivity index (χ0n) is 23.0. The number of benzene rings is 1. The second-order valence-corrected chi connectivity index (χ2v) is 10.8. The van der Waals surface area contributed by atoms with Gasteiger partial charge in [0.25, 0.3) is 0 Å². The summed E-state index contributed by atoms with van der Waals surface area (Å²) in [6.07, 6.45) is 10.9. The maximum Gasteiger partial charge on any atom is 0.321 e. The molecule has 208 valence electrons. The zero-order chi connectivity index (χ0) is 27.2. The molecule has 0 aromatic heterocycles. The lowest BCUT2D eigenvalue weighted by Crippen LogP contribution is -2.43. The number of amides is 3. The standard InChI is InChI=1S/C30H39N5O4/c1-21(2)39-24-8-6-23(7-9-24)33-30(37)35-16-12-22(13-17-35)29-26-11-10-25(19-27(26)31-20-32-29)38-18-4-15-34-14-3-5-28(34)36/h6-11,20-22,27H,3-5,12-19H2,1-2H3,(H,33,37). The molecule has 1 N–H and O–H groups in total. The van der Waals surface area contributed by atoms with Crippen molar-refractivity contribution in [1.82, 2.24) is 9.80 Å². The normalized spacial score (nSPS) is 21.4. The summed E-state index contributed by atoms with van der Waals surface area (Å²) < 4.78 is 11.7. The van der Waals surface area contributed by atoms with Gasteiger partial charge in [0, 0.05) is 50.6 Å². The van der Waals surface area contributed by atoms with Crippen molar-refractivity contribution < 1.29 is 19.1 Å². The highest BCUT2D eigenvalue weighted by molar-refractivity contribution is 6.08. The van der Waals surface area contributed by atoms with Crippen molar-refractivity contribution in [3.05, 3.63) is 47.7 Å². The maximum absolute atomic E-state index is 12.9. The zero-order valence-corrected chi connectivity index (χ0v) is 23.0. The van der Waals surface area contributed by atoms with Gasteiger partial charge in [0.15, 0.2) is 0 Å². The summed E-state index contributed by atoms with van der Waals surface area (Å²) in [4.78, 5) is 37.7. The number of allylic oxidation sites excluding steroid dienone is 2. The molecule has 5 rings (SSSR count). The number of nitrogens with zero attached hydrogens (tertiary/aromatic N) is 4. The monoisotopic (exact) mass is 533 g/mol.